The maximum atomic E-state index is 9.41. The van der Waals surface area contributed by atoms with E-state index in [0.29, 0.717) is 0 Å². The van der Waals surface area contributed by atoms with E-state index in [4.69, 9.17) is 0 Å². The third kappa shape index (κ3) is 1.69. The molecule has 1 aromatic rings. The van der Waals surface area contributed by atoms with Gasteiger partial charge in [0.1, 0.15) is 0 Å². The number of aryl methyl sites for hydroxylation is 1. The van der Waals surface area contributed by atoms with Gasteiger partial charge in [-0.25, -0.2) is 0 Å². The Morgan fingerprint density at radius 1 is 1.29 bits per heavy atom. The second-order valence-corrected chi connectivity index (χ2v) is 4.41. The Hall–Kier alpha value is -0.820. The van der Waals surface area contributed by atoms with Crippen LogP contribution in [0.25, 0.3) is 0 Å². The first-order valence-corrected chi connectivity index (χ1v) is 5.47. The molecule has 0 fully saturated rings. The molecule has 0 aromatic heterocycles. The highest BCUT2D eigenvalue weighted by molar-refractivity contribution is 5.43. The molecule has 2 rings (SSSR count). The van der Waals surface area contributed by atoms with Gasteiger partial charge in [0.05, 0.1) is 6.10 Å². The molecule has 1 heteroatoms. The van der Waals surface area contributed by atoms with Crippen LogP contribution in [0.4, 0.5) is 0 Å². The predicted octanol–water partition coefficient (Wildman–Crippen LogP) is 2.41. The normalized spacial score (nSPS) is 16.8. The molecule has 1 aliphatic carbocycles. The first-order valence-electron chi connectivity index (χ1n) is 5.47. The van der Waals surface area contributed by atoms with Crippen molar-refractivity contribution in [3.05, 3.63) is 34.4 Å². The van der Waals surface area contributed by atoms with E-state index in [9.17, 15) is 5.11 Å². The SMILES string of the molecule is Cc1ccc(CC(C)O)c2c1CCC2. The molecule has 76 valence electrons. The Morgan fingerprint density at radius 3 is 2.71 bits per heavy atom. The van der Waals surface area contributed by atoms with E-state index in [1.807, 2.05) is 6.92 Å². The zero-order valence-corrected chi connectivity index (χ0v) is 9.01. The first kappa shape index (κ1) is 9.72. The molecular weight excluding hydrogens is 172 g/mol. The largest absolute Gasteiger partial charge is 0.393 e. The van der Waals surface area contributed by atoms with Crippen LogP contribution in [0.1, 0.15) is 35.6 Å². The Morgan fingerprint density at radius 2 is 2.00 bits per heavy atom. The van der Waals surface area contributed by atoms with Gasteiger partial charge >= 0.3 is 0 Å². The highest BCUT2D eigenvalue weighted by Gasteiger charge is 2.17. The van der Waals surface area contributed by atoms with Crippen molar-refractivity contribution in [1.82, 2.24) is 0 Å². The quantitative estimate of drug-likeness (QED) is 0.759. The molecule has 0 saturated carbocycles. The van der Waals surface area contributed by atoms with Crippen molar-refractivity contribution in [1.29, 1.82) is 0 Å². The number of hydrogen-bond acceptors (Lipinski definition) is 1. The smallest absolute Gasteiger partial charge is 0.0552 e. The third-order valence-electron chi connectivity index (χ3n) is 3.13. The fraction of sp³-hybridized carbons (Fsp3) is 0.538. The summed E-state index contributed by atoms with van der Waals surface area (Å²) in [6.07, 6.45) is 4.31. The van der Waals surface area contributed by atoms with E-state index in [0.717, 1.165) is 6.42 Å². The molecule has 0 heterocycles. The van der Waals surface area contributed by atoms with Gasteiger partial charge in [-0.1, -0.05) is 12.1 Å². The maximum absolute atomic E-state index is 9.41. The number of hydrogen-bond donors (Lipinski definition) is 1. The van der Waals surface area contributed by atoms with Gasteiger partial charge in [-0.15, -0.1) is 0 Å². The topological polar surface area (TPSA) is 20.2 Å². The van der Waals surface area contributed by atoms with Gasteiger partial charge in [0.15, 0.2) is 0 Å². The molecular formula is C13H18O. The Bertz CT molecular complexity index is 339. The molecule has 1 unspecified atom stereocenters. The van der Waals surface area contributed by atoms with Crippen LogP contribution in [-0.2, 0) is 19.3 Å². The highest BCUT2D eigenvalue weighted by Crippen LogP contribution is 2.28. The monoisotopic (exact) mass is 190 g/mol. The van der Waals surface area contributed by atoms with E-state index in [2.05, 4.69) is 19.1 Å². The molecule has 14 heavy (non-hydrogen) atoms. The summed E-state index contributed by atoms with van der Waals surface area (Å²) in [5, 5.41) is 9.41. The molecule has 0 radical (unpaired) electrons. The van der Waals surface area contributed by atoms with Gasteiger partial charge in [0.2, 0.25) is 0 Å². The molecule has 1 atom stereocenters. The van der Waals surface area contributed by atoms with E-state index in [-0.39, 0.29) is 6.10 Å². The summed E-state index contributed by atoms with van der Waals surface area (Å²) in [5.41, 5.74) is 5.85. The van der Waals surface area contributed by atoms with Crippen molar-refractivity contribution >= 4 is 0 Å². The van der Waals surface area contributed by atoms with Crippen LogP contribution < -0.4 is 0 Å². The summed E-state index contributed by atoms with van der Waals surface area (Å²) in [6, 6.07) is 4.38. The minimum atomic E-state index is -0.220. The lowest BCUT2D eigenvalue weighted by Gasteiger charge is -2.12. The van der Waals surface area contributed by atoms with Crippen LogP contribution in [0.5, 0.6) is 0 Å². The number of rotatable bonds is 2. The van der Waals surface area contributed by atoms with Crippen molar-refractivity contribution in [2.24, 2.45) is 0 Å². The first-order chi connectivity index (χ1) is 6.68. The highest BCUT2D eigenvalue weighted by atomic mass is 16.3. The molecule has 0 aliphatic heterocycles. The standard InChI is InChI=1S/C13H18O/c1-9-6-7-11(8-10(2)14)13-5-3-4-12(9)13/h6-7,10,14H,3-5,8H2,1-2H3. The second kappa shape index (κ2) is 3.74. The molecule has 1 aliphatic rings. The molecule has 1 N–H and O–H groups in total. The summed E-state index contributed by atoms with van der Waals surface area (Å²) >= 11 is 0. The van der Waals surface area contributed by atoms with Crippen molar-refractivity contribution in [3.8, 4) is 0 Å². The van der Waals surface area contributed by atoms with Crippen LogP contribution >= 0.6 is 0 Å². The summed E-state index contributed by atoms with van der Waals surface area (Å²) in [7, 11) is 0. The van der Waals surface area contributed by atoms with E-state index in [1.165, 1.54) is 36.0 Å². The fourth-order valence-electron chi connectivity index (χ4n) is 2.47. The van der Waals surface area contributed by atoms with Crippen molar-refractivity contribution in [2.75, 3.05) is 0 Å². The molecule has 1 nitrogen and oxygen atoms in total. The van der Waals surface area contributed by atoms with Crippen LogP contribution in [0.2, 0.25) is 0 Å². The minimum Gasteiger partial charge on any atom is -0.393 e. The van der Waals surface area contributed by atoms with Gasteiger partial charge in [-0.2, -0.15) is 0 Å². The van der Waals surface area contributed by atoms with E-state index >= 15 is 0 Å². The van der Waals surface area contributed by atoms with Gasteiger partial charge in [-0.05, 0) is 61.8 Å². The lowest BCUT2D eigenvalue weighted by molar-refractivity contribution is 0.195. The van der Waals surface area contributed by atoms with Crippen molar-refractivity contribution < 1.29 is 5.11 Å². The van der Waals surface area contributed by atoms with E-state index < -0.39 is 0 Å². The lowest BCUT2D eigenvalue weighted by Crippen LogP contribution is -2.07. The van der Waals surface area contributed by atoms with Gasteiger partial charge in [0, 0.05) is 0 Å². The van der Waals surface area contributed by atoms with Crippen molar-refractivity contribution in [2.45, 2.75) is 45.6 Å². The van der Waals surface area contributed by atoms with Crippen LogP contribution in [0.3, 0.4) is 0 Å². The molecule has 1 aromatic carbocycles. The van der Waals surface area contributed by atoms with Gasteiger partial charge in [0.25, 0.3) is 0 Å². The summed E-state index contributed by atoms with van der Waals surface area (Å²) in [5.74, 6) is 0. The van der Waals surface area contributed by atoms with E-state index in [1.54, 1.807) is 5.56 Å². The summed E-state index contributed by atoms with van der Waals surface area (Å²) in [4.78, 5) is 0. The molecule has 0 spiro atoms. The minimum absolute atomic E-state index is 0.220. The lowest BCUT2D eigenvalue weighted by atomic mass is 9.96. The molecule has 0 bridgehead atoms. The number of fused-ring (bicyclic) bond motifs is 1. The number of aliphatic hydroxyl groups is 1. The van der Waals surface area contributed by atoms with Crippen LogP contribution in [0.15, 0.2) is 12.1 Å². The third-order valence-corrected chi connectivity index (χ3v) is 3.13. The van der Waals surface area contributed by atoms with Gasteiger partial charge < -0.3 is 5.11 Å². The maximum Gasteiger partial charge on any atom is 0.0552 e. The number of benzene rings is 1. The molecule has 0 saturated heterocycles. The Labute approximate surface area is 85.8 Å². The number of aliphatic hydroxyl groups excluding tert-OH is 1. The predicted molar refractivity (Wildman–Crippen MR) is 58.6 cm³/mol. The zero-order chi connectivity index (χ0) is 10.1. The second-order valence-electron chi connectivity index (χ2n) is 4.41. The van der Waals surface area contributed by atoms with Crippen molar-refractivity contribution in [3.63, 3.8) is 0 Å². The summed E-state index contributed by atoms with van der Waals surface area (Å²) in [6.45, 7) is 4.05. The Kier molecular flexibility index (Phi) is 2.60. The zero-order valence-electron chi connectivity index (χ0n) is 9.01. The average Bonchev–Trinajstić information content (AvgIpc) is 2.58. The Balaban J connectivity index is 2.38. The van der Waals surface area contributed by atoms with Crippen LogP contribution in [0, 0.1) is 6.92 Å². The summed E-state index contributed by atoms with van der Waals surface area (Å²) < 4.78 is 0. The average molecular weight is 190 g/mol. The fourth-order valence-corrected chi connectivity index (χ4v) is 2.47. The van der Waals surface area contributed by atoms with Crippen LogP contribution in [-0.4, -0.2) is 11.2 Å². The molecule has 0 amide bonds. The van der Waals surface area contributed by atoms with Gasteiger partial charge in [-0.3, -0.25) is 0 Å².